The Kier molecular flexibility index (Phi) is 5.35. The summed E-state index contributed by atoms with van der Waals surface area (Å²) in [4.78, 5) is 12.8. The molecule has 0 aromatic heterocycles. The van der Waals surface area contributed by atoms with E-state index < -0.39 is 0 Å². The lowest BCUT2D eigenvalue weighted by molar-refractivity contribution is 0.103. The molecule has 0 bridgehead atoms. The van der Waals surface area contributed by atoms with E-state index in [-0.39, 0.29) is 5.78 Å². The maximum absolute atomic E-state index is 12.8. The molecule has 112 valence electrons. The largest absolute Gasteiger partial charge is 0.289 e. The van der Waals surface area contributed by atoms with Crippen molar-refractivity contribution in [2.45, 2.75) is 20.3 Å². The molecule has 0 unspecified atom stereocenters. The van der Waals surface area contributed by atoms with E-state index in [0.717, 1.165) is 16.7 Å². The first-order valence-corrected chi connectivity index (χ1v) is 7.56. The van der Waals surface area contributed by atoms with Crippen LogP contribution in [0.5, 0.6) is 0 Å². The molecule has 0 heterocycles. The molecule has 0 fully saturated rings. The molecule has 0 aliphatic heterocycles. The van der Waals surface area contributed by atoms with Crippen LogP contribution >= 0.6 is 11.6 Å². The molecule has 0 amide bonds. The van der Waals surface area contributed by atoms with Gasteiger partial charge in [0.1, 0.15) is 0 Å². The van der Waals surface area contributed by atoms with E-state index in [1.54, 1.807) is 0 Å². The number of hydrogen-bond donors (Lipinski definition) is 0. The molecule has 0 spiro atoms. The van der Waals surface area contributed by atoms with Crippen LogP contribution in [0.4, 0.5) is 0 Å². The highest BCUT2D eigenvalue weighted by Crippen LogP contribution is 2.29. The number of benzene rings is 2. The Morgan fingerprint density at radius 3 is 2.14 bits per heavy atom. The Balaban J connectivity index is 2.48. The molecule has 1 nitrogen and oxygen atoms in total. The minimum Gasteiger partial charge on any atom is -0.289 e. The predicted molar refractivity (Wildman–Crippen MR) is 94.2 cm³/mol. The van der Waals surface area contributed by atoms with E-state index in [1.807, 2.05) is 68.4 Å². The van der Waals surface area contributed by atoms with Crippen LogP contribution in [0.1, 0.15) is 34.8 Å². The van der Waals surface area contributed by atoms with Gasteiger partial charge in [0, 0.05) is 11.1 Å². The highest BCUT2D eigenvalue weighted by atomic mass is 35.5. The van der Waals surface area contributed by atoms with Crippen LogP contribution in [0.15, 0.2) is 72.3 Å². The van der Waals surface area contributed by atoms with Crippen LogP contribution in [0.25, 0.3) is 5.03 Å². The van der Waals surface area contributed by atoms with Gasteiger partial charge in [-0.25, -0.2) is 0 Å². The number of carbonyl (C=O) groups excluding carboxylic acids is 1. The monoisotopic (exact) mass is 310 g/mol. The van der Waals surface area contributed by atoms with Gasteiger partial charge in [-0.05, 0) is 25.8 Å². The molecular weight excluding hydrogens is 292 g/mol. The summed E-state index contributed by atoms with van der Waals surface area (Å²) in [5.41, 5.74) is 4.11. The molecular formula is C20H19ClO. The van der Waals surface area contributed by atoms with Crippen molar-refractivity contribution in [3.8, 4) is 0 Å². The predicted octanol–water partition coefficient (Wildman–Crippen LogP) is 5.79. The summed E-state index contributed by atoms with van der Waals surface area (Å²) in [6, 6.07) is 17.1. The Bertz CT molecular complexity index is 709. The lowest BCUT2D eigenvalue weighted by atomic mass is 9.95. The van der Waals surface area contributed by atoms with Crippen molar-refractivity contribution >= 4 is 22.4 Å². The third kappa shape index (κ3) is 3.96. The van der Waals surface area contributed by atoms with E-state index >= 15 is 0 Å². The lowest BCUT2D eigenvalue weighted by Gasteiger charge is -2.11. The van der Waals surface area contributed by atoms with Crippen molar-refractivity contribution in [1.82, 2.24) is 0 Å². The number of aryl methyl sites for hydroxylation is 1. The van der Waals surface area contributed by atoms with Gasteiger partial charge in [-0.3, -0.25) is 4.79 Å². The summed E-state index contributed by atoms with van der Waals surface area (Å²) in [5.74, 6) is -0.0446. The smallest absolute Gasteiger partial charge is 0.190 e. The third-order valence-corrected chi connectivity index (χ3v) is 3.80. The van der Waals surface area contributed by atoms with Crippen LogP contribution in [-0.4, -0.2) is 5.78 Å². The molecule has 2 aromatic carbocycles. The Hall–Kier alpha value is -2.12. The van der Waals surface area contributed by atoms with E-state index in [0.29, 0.717) is 22.6 Å². The zero-order valence-electron chi connectivity index (χ0n) is 12.9. The van der Waals surface area contributed by atoms with Gasteiger partial charge in [-0.1, -0.05) is 83.9 Å². The standard InChI is InChI=1S/C20H19ClO/c1-14(2)13-18(19(21)16-7-5-4-6-8-16)20(22)17-11-9-15(3)10-12-17/h4-12H,1,13H2,2-3H3/b19-18+. The average molecular weight is 311 g/mol. The van der Waals surface area contributed by atoms with Gasteiger partial charge in [0.15, 0.2) is 5.78 Å². The van der Waals surface area contributed by atoms with Gasteiger partial charge in [-0.2, -0.15) is 0 Å². The summed E-state index contributed by atoms with van der Waals surface area (Å²) in [6.45, 7) is 7.81. The summed E-state index contributed by atoms with van der Waals surface area (Å²) >= 11 is 6.51. The molecule has 0 N–H and O–H groups in total. The zero-order chi connectivity index (χ0) is 16.1. The number of allylic oxidation sites excluding steroid dienone is 2. The Labute approximate surface area is 136 Å². The SMILES string of the molecule is C=C(C)C/C(C(=O)c1ccc(C)cc1)=C(\Cl)c1ccccc1. The minimum absolute atomic E-state index is 0.0446. The average Bonchev–Trinajstić information content (AvgIpc) is 2.53. The van der Waals surface area contributed by atoms with Gasteiger partial charge in [0.2, 0.25) is 0 Å². The van der Waals surface area contributed by atoms with Crippen molar-refractivity contribution in [1.29, 1.82) is 0 Å². The van der Waals surface area contributed by atoms with Gasteiger partial charge >= 0.3 is 0 Å². The minimum atomic E-state index is -0.0446. The highest BCUT2D eigenvalue weighted by Gasteiger charge is 2.17. The number of hydrogen-bond acceptors (Lipinski definition) is 1. The summed E-state index contributed by atoms with van der Waals surface area (Å²) < 4.78 is 0. The molecule has 2 heteroatoms. The van der Waals surface area contributed by atoms with E-state index in [9.17, 15) is 4.79 Å². The van der Waals surface area contributed by atoms with E-state index in [1.165, 1.54) is 0 Å². The van der Waals surface area contributed by atoms with Gasteiger partial charge in [0.05, 0.1) is 5.03 Å². The van der Waals surface area contributed by atoms with E-state index in [2.05, 4.69) is 6.58 Å². The summed E-state index contributed by atoms with van der Waals surface area (Å²) in [6.07, 6.45) is 0.473. The van der Waals surface area contributed by atoms with Gasteiger partial charge in [0.25, 0.3) is 0 Å². The molecule has 2 rings (SSSR count). The fourth-order valence-corrected chi connectivity index (χ4v) is 2.48. The molecule has 0 saturated carbocycles. The topological polar surface area (TPSA) is 17.1 Å². The Morgan fingerprint density at radius 1 is 1.00 bits per heavy atom. The normalized spacial score (nSPS) is 11.8. The third-order valence-electron chi connectivity index (χ3n) is 3.36. The fourth-order valence-electron chi connectivity index (χ4n) is 2.20. The van der Waals surface area contributed by atoms with Crippen LogP contribution in [0.3, 0.4) is 0 Å². The first kappa shape index (κ1) is 16.3. The second-order valence-electron chi connectivity index (χ2n) is 5.49. The first-order valence-electron chi connectivity index (χ1n) is 7.19. The van der Waals surface area contributed by atoms with E-state index in [4.69, 9.17) is 11.6 Å². The van der Waals surface area contributed by atoms with Crippen LogP contribution in [0.2, 0.25) is 0 Å². The number of carbonyl (C=O) groups is 1. The fraction of sp³-hybridized carbons (Fsp3) is 0.150. The molecule has 0 radical (unpaired) electrons. The van der Waals surface area contributed by atoms with Crippen LogP contribution in [-0.2, 0) is 0 Å². The van der Waals surface area contributed by atoms with Gasteiger partial charge in [-0.15, -0.1) is 0 Å². The molecule has 0 saturated heterocycles. The van der Waals surface area contributed by atoms with Crippen LogP contribution in [0, 0.1) is 6.92 Å². The second kappa shape index (κ2) is 7.24. The molecule has 22 heavy (non-hydrogen) atoms. The molecule has 0 aliphatic rings. The van der Waals surface area contributed by atoms with Crippen molar-refractivity contribution in [2.24, 2.45) is 0 Å². The molecule has 0 aliphatic carbocycles. The van der Waals surface area contributed by atoms with Crippen LogP contribution < -0.4 is 0 Å². The zero-order valence-corrected chi connectivity index (χ0v) is 13.7. The maximum atomic E-state index is 12.8. The Morgan fingerprint density at radius 2 is 1.59 bits per heavy atom. The number of halogens is 1. The number of ketones is 1. The molecule has 2 aromatic rings. The highest BCUT2D eigenvalue weighted by molar-refractivity contribution is 6.51. The van der Waals surface area contributed by atoms with Crippen molar-refractivity contribution in [3.05, 3.63) is 89.0 Å². The number of rotatable bonds is 5. The van der Waals surface area contributed by atoms with Crippen molar-refractivity contribution in [2.75, 3.05) is 0 Å². The van der Waals surface area contributed by atoms with Crippen molar-refractivity contribution < 1.29 is 4.79 Å². The lowest BCUT2D eigenvalue weighted by Crippen LogP contribution is -2.06. The quantitative estimate of drug-likeness (QED) is 0.388. The molecule has 0 atom stereocenters. The summed E-state index contributed by atoms with van der Waals surface area (Å²) in [5, 5.41) is 0.495. The first-order chi connectivity index (χ1) is 10.5. The second-order valence-corrected chi connectivity index (χ2v) is 5.87. The van der Waals surface area contributed by atoms with Gasteiger partial charge < -0.3 is 0 Å². The van der Waals surface area contributed by atoms with Crippen molar-refractivity contribution in [3.63, 3.8) is 0 Å². The number of Topliss-reactive ketones (excluding diaryl/α,β-unsaturated/α-hetero) is 1. The summed E-state index contributed by atoms with van der Waals surface area (Å²) in [7, 11) is 0. The maximum Gasteiger partial charge on any atom is 0.190 e.